The second-order valence-corrected chi connectivity index (χ2v) is 4.99. The maximum atomic E-state index is 11.5. The predicted octanol–water partition coefficient (Wildman–Crippen LogP) is 1.85. The second kappa shape index (κ2) is 5.07. The Bertz CT molecular complexity index is 368. The van der Waals surface area contributed by atoms with E-state index in [1.807, 2.05) is 0 Å². The standard InChI is InChI=1S/C10H14N2O3S/c1-10(2,3)15-9(14)11-6-7(13)8-4-5-12-16-8/h4-5H,6H2,1-3H3,(H,11,14). The first kappa shape index (κ1) is 12.6. The molecule has 5 nitrogen and oxygen atoms in total. The van der Waals surface area contributed by atoms with Gasteiger partial charge in [0.2, 0.25) is 0 Å². The molecule has 1 rings (SSSR count). The van der Waals surface area contributed by atoms with E-state index in [-0.39, 0.29) is 12.3 Å². The van der Waals surface area contributed by atoms with E-state index in [4.69, 9.17) is 4.74 Å². The van der Waals surface area contributed by atoms with Crippen LogP contribution in [0.3, 0.4) is 0 Å². The lowest BCUT2D eigenvalue weighted by Gasteiger charge is -2.19. The lowest BCUT2D eigenvalue weighted by molar-refractivity contribution is 0.0520. The van der Waals surface area contributed by atoms with E-state index in [9.17, 15) is 9.59 Å². The van der Waals surface area contributed by atoms with Gasteiger partial charge in [0.25, 0.3) is 0 Å². The van der Waals surface area contributed by atoms with E-state index >= 15 is 0 Å². The van der Waals surface area contributed by atoms with Crippen LogP contribution in [0.4, 0.5) is 4.79 Å². The van der Waals surface area contributed by atoms with E-state index in [2.05, 4.69) is 9.69 Å². The predicted molar refractivity (Wildman–Crippen MR) is 60.7 cm³/mol. The monoisotopic (exact) mass is 242 g/mol. The summed E-state index contributed by atoms with van der Waals surface area (Å²) < 4.78 is 8.80. The van der Waals surface area contributed by atoms with Gasteiger partial charge >= 0.3 is 6.09 Å². The summed E-state index contributed by atoms with van der Waals surface area (Å²) in [5.74, 6) is -0.173. The third-order valence-corrected chi connectivity index (χ3v) is 2.29. The molecule has 0 aromatic carbocycles. The molecule has 88 valence electrons. The number of Topliss-reactive ketones (excluding diaryl/α,β-unsaturated/α-hetero) is 1. The van der Waals surface area contributed by atoms with Crippen molar-refractivity contribution in [2.45, 2.75) is 26.4 Å². The van der Waals surface area contributed by atoms with Crippen LogP contribution in [0.15, 0.2) is 12.3 Å². The molecule has 0 saturated heterocycles. The summed E-state index contributed by atoms with van der Waals surface area (Å²) in [5.41, 5.74) is -0.558. The quantitative estimate of drug-likeness (QED) is 0.821. The smallest absolute Gasteiger partial charge is 0.408 e. The fourth-order valence-corrected chi connectivity index (χ4v) is 1.44. The summed E-state index contributed by atoms with van der Waals surface area (Å²) in [6.07, 6.45) is 0.955. The van der Waals surface area contributed by atoms with Crippen molar-refractivity contribution in [1.29, 1.82) is 0 Å². The Morgan fingerprint density at radius 1 is 1.50 bits per heavy atom. The van der Waals surface area contributed by atoms with Crippen molar-refractivity contribution < 1.29 is 14.3 Å². The van der Waals surface area contributed by atoms with Crippen LogP contribution in [0, 0.1) is 0 Å². The molecular weight excluding hydrogens is 228 g/mol. The van der Waals surface area contributed by atoms with Crippen molar-refractivity contribution in [2.24, 2.45) is 0 Å². The van der Waals surface area contributed by atoms with E-state index in [1.165, 1.54) is 0 Å². The molecule has 16 heavy (non-hydrogen) atoms. The van der Waals surface area contributed by atoms with Crippen molar-refractivity contribution in [1.82, 2.24) is 9.69 Å². The Kier molecular flexibility index (Phi) is 4.00. The number of ether oxygens (including phenoxy) is 1. The van der Waals surface area contributed by atoms with Crippen molar-refractivity contribution in [2.75, 3.05) is 6.54 Å². The van der Waals surface area contributed by atoms with Crippen LogP contribution in [0.1, 0.15) is 30.4 Å². The molecule has 1 heterocycles. The van der Waals surface area contributed by atoms with Crippen molar-refractivity contribution in [3.05, 3.63) is 17.1 Å². The van der Waals surface area contributed by atoms with Gasteiger partial charge in [-0.25, -0.2) is 9.17 Å². The second-order valence-electron chi connectivity index (χ2n) is 4.16. The van der Waals surface area contributed by atoms with Crippen molar-refractivity contribution in [3.63, 3.8) is 0 Å². The lowest BCUT2D eigenvalue weighted by Crippen LogP contribution is -2.35. The molecule has 0 radical (unpaired) electrons. The third-order valence-electron chi connectivity index (χ3n) is 1.50. The zero-order chi connectivity index (χ0) is 12.2. The topological polar surface area (TPSA) is 68.3 Å². The van der Waals surface area contributed by atoms with Gasteiger partial charge < -0.3 is 10.1 Å². The number of nitrogens with zero attached hydrogens (tertiary/aromatic N) is 1. The largest absolute Gasteiger partial charge is 0.444 e. The number of hydrogen-bond donors (Lipinski definition) is 1. The van der Waals surface area contributed by atoms with Gasteiger partial charge in [-0.05, 0) is 38.4 Å². The molecule has 0 bridgehead atoms. The van der Waals surface area contributed by atoms with E-state index in [0.717, 1.165) is 11.5 Å². The Morgan fingerprint density at radius 2 is 2.19 bits per heavy atom. The molecule has 0 saturated carbocycles. The molecule has 0 aliphatic heterocycles. The van der Waals surface area contributed by atoms with Crippen molar-refractivity contribution >= 4 is 23.4 Å². The number of ketones is 1. The fraction of sp³-hybridized carbons (Fsp3) is 0.500. The third kappa shape index (κ3) is 4.39. The molecule has 0 atom stereocenters. The van der Waals surface area contributed by atoms with Gasteiger partial charge in [-0.1, -0.05) is 0 Å². The Labute approximate surface area is 98.0 Å². The Morgan fingerprint density at radius 3 is 2.69 bits per heavy atom. The average molecular weight is 242 g/mol. The molecule has 0 fully saturated rings. The summed E-state index contributed by atoms with van der Waals surface area (Å²) in [6.45, 7) is 5.21. The van der Waals surface area contributed by atoms with Gasteiger partial charge in [0, 0.05) is 6.20 Å². The molecule has 0 aliphatic carbocycles. The van der Waals surface area contributed by atoms with Crippen molar-refractivity contribution in [3.8, 4) is 0 Å². The van der Waals surface area contributed by atoms with Crippen LogP contribution in [0.25, 0.3) is 0 Å². The van der Waals surface area contributed by atoms with Crippen LogP contribution < -0.4 is 5.32 Å². The Hall–Kier alpha value is -1.43. The Balaban J connectivity index is 2.35. The number of carbonyl (C=O) groups excluding carboxylic acids is 2. The molecular formula is C10H14N2O3S. The van der Waals surface area contributed by atoms with Gasteiger partial charge in [-0.3, -0.25) is 4.79 Å². The molecule has 1 N–H and O–H groups in total. The highest BCUT2D eigenvalue weighted by molar-refractivity contribution is 7.08. The van der Waals surface area contributed by atoms with E-state index in [1.54, 1.807) is 33.0 Å². The average Bonchev–Trinajstić information content (AvgIpc) is 2.64. The molecule has 1 aromatic heterocycles. The van der Waals surface area contributed by atoms with E-state index < -0.39 is 11.7 Å². The molecule has 0 spiro atoms. The lowest BCUT2D eigenvalue weighted by atomic mass is 10.2. The first-order valence-corrected chi connectivity index (χ1v) is 5.56. The number of hydrogen-bond acceptors (Lipinski definition) is 5. The minimum atomic E-state index is -0.592. The molecule has 0 unspecified atom stereocenters. The first-order valence-electron chi connectivity index (χ1n) is 4.79. The highest BCUT2D eigenvalue weighted by Crippen LogP contribution is 2.07. The van der Waals surface area contributed by atoms with Gasteiger partial charge in [-0.2, -0.15) is 0 Å². The van der Waals surface area contributed by atoms with Gasteiger partial charge in [0.15, 0.2) is 5.78 Å². The zero-order valence-electron chi connectivity index (χ0n) is 9.44. The highest BCUT2D eigenvalue weighted by Gasteiger charge is 2.17. The van der Waals surface area contributed by atoms with Gasteiger partial charge in [0.05, 0.1) is 11.4 Å². The minimum Gasteiger partial charge on any atom is -0.444 e. The molecule has 0 aliphatic rings. The maximum Gasteiger partial charge on any atom is 0.408 e. The van der Waals surface area contributed by atoms with Crippen LogP contribution in [-0.4, -0.2) is 28.4 Å². The normalized spacial score (nSPS) is 10.9. The minimum absolute atomic E-state index is 0.0723. The summed E-state index contributed by atoms with van der Waals surface area (Å²) in [6, 6.07) is 1.61. The fourth-order valence-electron chi connectivity index (χ4n) is 0.913. The zero-order valence-corrected chi connectivity index (χ0v) is 10.3. The van der Waals surface area contributed by atoms with E-state index in [0.29, 0.717) is 4.88 Å². The van der Waals surface area contributed by atoms with Crippen LogP contribution in [-0.2, 0) is 4.74 Å². The van der Waals surface area contributed by atoms with Crippen LogP contribution >= 0.6 is 11.5 Å². The van der Waals surface area contributed by atoms with Crippen LogP contribution in [0.5, 0.6) is 0 Å². The number of carbonyl (C=O) groups is 2. The SMILES string of the molecule is CC(C)(C)OC(=O)NCC(=O)c1ccns1. The maximum absolute atomic E-state index is 11.5. The summed E-state index contributed by atoms with van der Waals surface area (Å²) in [4.78, 5) is 23.2. The van der Waals surface area contributed by atoms with Gasteiger partial charge in [-0.15, -0.1) is 0 Å². The molecule has 6 heteroatoms. The number of rotatable bonds is 3. The molecule has 1 aromatic rings. The number of amides is 1. The summed E-state index contributed by atoms with van der Waals surface area (Å²) in [5, 5.41) is 2.40. The molecule has 1 amide bonds. The number of nitrogens with one attached hydrogen (secondary N) is 1. The highest BCUT2D eigenvalue weighted by atomic mass is 32.1. The first-order chi connectivity index (χ1) is 7.38. The number of alkyl carbamates (subject to hydrolysis) is 1. The summed E-state index contributed by atoms with van der Waals surface area (Å²) in [7, 11) is 0. The van der Waals surface area contributed by atoms with Crippen LogP contribution in [0.2, 0.25) is 0 Å². The summed E-state index contributed by atoms with van der Waals surface area (Å²) >= 11 is 1.10. The van der Waals surface area contributed by atoms with Gasteiger partial charge in [0.1, 0.15) is 5.60 Å². The number of aromatic nitrogens is 1.